The molecule has 0 radical (unpaired) electrons. The molecule has 2 unspecified atom stereocenters. The highest BCUT2D eigenvalue weighted by Crippen LogP contribution is 2.26. The number of carbonyl (C=O) groups excluding carboxylic acids is 1. The van der Waals surface area contributed by atoms with Crippen LogP contribution < -0.4 is 5.32 Å². The number of hydrogen-bond acceptors (Lipinski definition) is 3. The lowest BCUT2D eigenvalue weighted by molar-refractivity contribution is -0.154. The van der Waals surface area contributed by atoms with E-state index < -0.39 is 0 Å². The Hall–Kier alpha value is -0.570. The molecule has 0 aromatic rings. The number of carbonyl (C=O) groups is 1. The van der Waals surface area contributed by atoms with Crippen molar-refractivity contribution in [3.63, 3.8) is 0 Å². The van der Waals surface area contributed by atoms with Crippen molar-refractivity contribution in [2.24, 2.45) is 11.8 Å². The molecular formula is C13H23NO2. The highest BCUT2D eigenvalue weighted by atomic mass is 16.5. The first-order valence-corrected chi connectivity index (χ1v) is 6.60. The van der Waals surface area contributed by atoms with Crippen molar-refractivity contribution in [2.75, 3.05) is 6.54 Å². The molecule has 0 amide bonds. The maximum Gasteiger partial charge on any atom is 0.323 e. The lowest BCUT2D eigenvalue weighted by Crippen LogP contribution is -2.39. The maximum absolute atomic E-state index is 11.9. The molecule has 0 spiro atoms. The first-order valence-electron chi connectivity index (χ1n) is 6.60. The third-order valence-electron chi connectivity index (χ3n) is 4.03. The summed E-state index contributed by atoms with van der Waals surface area (Å²) in [5.41, 5.74) is 0. The highest BCUT2D eigenvalue weighted by molar-refractivity contribution is 5.76. The fourth-order valence-corrected chi connectivity index (χ4v) is 2.73. The predicted octanol–water partition coefficient (Wildman–Crippen LogP) is 2.11. The molecule has 3 nitrogen and oxygen atoms in total. The summed E-state index contributed by atoms with van der Waals surface area (Å²) in [6.45, 7) is 5.34. The molecule has 16 heavy (non-hydrogen) atoms. The van der Waals surface area contributed by atoms with E-state index in [1.165, 1.54) is 12.8 Å². The van der Waals surface area contributed by atoms with Crippen LogP contribution in [-0.2, 0) is 9.53 Å². The second-order valence-electron chi connectivity index (χ2n) is 5.52. The molecule has 2 fully saturated rings. The van der Waals surface area contributed by atoms with Gasteiger partial charge in [-0.05, 0) is 50.5 Å². The molecule has 1 saturated heterocycles. The van der Waals surface area contributed by atoms with Crippen LogP contribution in [0.25, 0.3) is 0 Å². The van der Waals surface area contributed by atoms with Crippen LogP contribution in [-0.4, -0.2) is 24.7 Å². The molecule has 0 aromatic carbocycles. The first-order chi connectivity index (χ1) is 7.66. The van der Waals surface area contributed by atoms with Gasteiger partial charge in [-0.1, -0.05) is 13.8 Å². The Bertz CT molecular complexity index is 246. The summed E-state index contributed by atoms with van der Waals surface area (Å²) in [7, 11) is 0. The van der Waals surface area contributed by atoms with Crippen LogP contribution in [0.5, 0.6) is 0 Å². The van der Waals surface area contributed by atoms with E-state index in [0.29, 0.717) is 5.92 Å². The van der Waals surface area contributed by atoms with Gasteiger partial charge in [0, 0.05) is 0 Å². The molecule has 1 aliphatic carbocycles. The molecule has 2 aliphatic rings. The molecule has 0 bridgehead atoms. The molecule has 3 heteroatoms. The zero-order valence-corrected chi connectivity index (χ0v) is 10.4. The molecule has 1 saturated carbocycles. The second kappa shape index (κ2) is 5.17. The number of rotatable bonds is 2. The van der Waals surface area contributed by atoms with E-state index in [4.69, 9.17) is 4.74 Å². The Kier molecular flexibility index (Phi) is 3.85. The molecule has 92 valence electrons. The topological polar surface area (TPSA) is 38.3 Å². The van der Waals surface area contributed by atoms with E-state index in [0.717, 1.165) is 31.7 Å². The Morgan fingerprint density at radius 2 is 1.81 bits per heavy atom. The molecule has 1 aliphatic heterocycles. The van der Waals surface area contributed by atoms with Gasteiger partial charge in [0.2, 0.25) is 0 Å². The van der Waals surface area contributed by atoms with Gasteiger partial charge in [0.05, 0.1) is 0 Å². The minimum atomic E-state index is -0.0562. The van der Waals surface area contributed by atoms with Crippen LogP contribution in [0.1, 0.15) is 46.0 Å². The molecular weight excluding hydrogens is 202 g/mol. The molecule has 1 N–H and O–H groups in total. The van der Waals surface area contributed by atoms with Crippen LogP contribution in [0.3, 0.4) is 0 Å². The van der Waals surface area contributed by atoms with Gasteiger partial charge in [0.15, 0.2) is 0 Å². The van der Waals surface area contributed by atoms with Gasteiger partial charge < -0.3 is 10.1 Å². The largest absolute Gasteiger partial charge is 0.461 e. The van der Waals surface area contributed by atoms with Gasteiger partial charge in [0.1, 0.15) is 12.1 Å². The van der Waals surface area contributed by atoms with Crippen LogP contribution in [0.2, 0.25) is 0 Å². The van der Waals surface area contributed by atoms with Crippen LogP contribution in [0.15, 0.2) is 0 Å². The van der Waals surface area contributed by atoms with Crippen molar-refractivity contribution in [3.05, 3.63) is 0 Å². The Balaban J connectivity index is 1.78. The Morgan fingerprint density at radius 3 is 2.38 bits per heavy atom. The van der Waals surface area contributed by atoms with Crippen LogP contribution >= 0.6 is 0 Å². The summed E-state index contributed by atoms with van der Waals surface area (Å²) < 4.78 is 5.59. The van der Waals surface area contributed by atoms with E-state index in [9.17, 15) is 4.79 Å². The smallest absolute Gasteiger partial charge is 0.323 e. The number of esters is 1. The second-order valence-corrected chi connectivity index (χ2v) is 5.52. The van der Waals surface area contributed by atoms with Gasteiger partial charge in [0.25, 0.3) is 0 Å². The van der Waals surface area contributed by atoms with E-state index in [1.807, 2.05) is 0 Å². The summed E-state index contributed by atoms with van der Waals surface area (Å²) >= 11 is 0. The molecule has 0 aromatic heterocycles. The Labute approximate surface area is 97.9 Å². The molecule has 2 rings (SSSR count). The van der Waals surface area contributed by atoms with E-state index in [2.05, 4.69) is 19.2 Å². The first kappa shape index (κ1) is 11.9. The number of nitrogens with one attached hydrogen (secondary N) is 1. The summed E-state index contributed by atoms with van der Waals surface area (Å²) in [5, 5.41) is 3.23. The predicted molar refractivity (Wildman–Crippen MR) is 63.1 cm³/mol. The minimum Gasteiger partial charge on any atom is -0.461 e. The van der Waals surface area contributed by atoms with Crippen molar-refractivity contribution in [1.29, 1.82) is 0 Å². The van der Waals surface area contributed by atoms with Crippen molar-refractivity contribution in [2.45, 2.75) is 58.1 Å². The summed E-state index contributed by atoms with van der Waals surface area (Å²) in [6.07, 6.45) is 5.76. The lowest BCUT2D eigenvalue weighted by Gasteiger charge is -2.27. The van der Waals surface area contributed by atoms with Gasteiger partial charge in [-0.15, -0.1) is 0 Å². The fourth-order valence-electron chi connectivity index (χ4n) is 2.73. The van der Waals surface area contributed by atoms with Gasteiger partial charge in [-0.25, -0.2) is 0 Å². The Morgan fingerprint density at radius 1 is 1.12 bits per heavy atom. The molecule has 1 heterocycles. The van der Waals surface area contributed by atoms with Crippen molar-refractivity contribution < 1.29 is 9.53 Å². The number of ether oxygens (including phenoxy) is 1. The van der Waals surface area contributed by atoms with Crippen molar-refractivity contribution >= 4 is 5.97 Å². The zero-order valence-electron chi connectivity index (χ0n) is 10.4. The van der Waals surface area contributed by atoms with Gasteiger partial charge in [-0.3, -0.25) is 4.79 Å². The van der Waals surface area contributed by atoms with Crippen LogP contribution in [0, 0.1) is 11.8 Å². The average Bonchev–Trinajstić information content (AvgIpc) is 2.68. The maximum atomic E-state index is 11.9. The third kappa shape index (κ3) is 2.76. The fraction of sp³-hybridized carbons (Fsp3) is 0.923. The summed E-state index contributed by atoms with van der Waals surface area (Å²) in [5.74, 6) is 1.21. The monoisotopic (exact) mass is 225 g/mol. The van der Waals surface area contributed by atoms with Crippen LogP contribution in [0.4, 0.5) is 0 Å². The molecule has 2 atom stereocenters. The minimum absolute atomic E-state index is 0.0236. The standard InChI is InChI=1S/C13H23NO2/c1-9-3-5-11(6-4-9)16-13(15)12-10(2)7-8-14-12/h9-12,14H,3-8H2,1-2H3. The average molecular weight is 225 g/mol. The van der Waals surface area contributed by atoms with Gasteiger partial charge >= 0.3 is 5.97 Å². The number of hydrogen-bond donors (Lipinski definition) is 1. The van der Waals surface area contributed by atoms with Gasteiger partial charge in [-0.2, -0.15) is 0 Å². The van der Waals surface area contributed by atoms with E-state index in [-0.39, 0.29) is 18.1 Å². The van der Waals surface area contributed by atoms with Crippen molar-refractivity contribution in [3.8, 4) is 0 Å². The zero-order chi connectivity index (χ0) is 11.5. The quantitative estimate of drug-likeness (QED) is 0.731. The van der Waals surface area contributed by atoms with E-state index >= 15 is 0 Å². The van der Waals surface area contributed by atoms with E-state index in [1.54, 1.807) is 0 Å². The summed E-state index contributed by atoms with van der Waals surface area (Å²) in [6, 6.07) is -0.0562. The highest BCUT2D eigenvalue weighted by Gasteiger charge is 2.32. The lowest BCUT2D eigenvalue weighted by atomic mass is 9.89. The normalized spacial score (nSPS) is 39.6. The van der Waals surface area contributed by atoms with Crippen molar-refractivity contribution in [1.82, 2.24) is 5.32 Å². The third-order valence-corrected chi connectivity index (χ3v) is 4.03. The summed E-state index contributed by atoms with van der Waals surface area (Å²) in [4.78, 5) is 11.9. The SMILES string of the molecule is CC1CCC(OC(=O)C2NCCC2C)CC1.